The van der Waals surface area contributed by atoms with Crippen molar-refractivity contribution in [1.29, 1.82) is 0 Å². The van der Waals surface area contributed by atoms with E-state index in [4.69, 9.17) is 0 Å². The van der Waals surface area contributed by atoms with Crippen LogP contribution in [0.25, 0.3) is 0 Å². The summed E-state index contributed by atoms with van der Waals surface area (Å²) in [5, 5.41) is 0. The van der Waals surface area contributed by atoms with Crippen LogP contribution < -0.4 is 0 Å². The van der Waals surface area contributed by atoms with Crippen molar-refractivity contribution in [3.05, 3.63) is 12.5 Å². The second kappa shape index (κ2) is 6.70. The maximum atomic E-state index is 4.52. The summed E-state index contributed by atoms with van der Waals surface area (Å²) in [4.78, 5) is 0. The van der Waals surface area contributed by atoms with Crippen molar-refractivity contribution in [1.82, 2.24) is 0 Å². The van der Waals surface area contributed by atoms with Crippen LogP contribution in [-0.4, -0.2) is 14.2 Å². The van der Waals surface area contributed by atoms with Crippen LogP contribution in [0, 0.1) is 12.2 Å². The standard InChI is InChI=1S/C6H8O3/c1-7-3-5-9-6-4-8-2/h3,5H,1-2H3/b5-3+. The molecule has 0 unspecified atom stereocenters. The predicted molar refractivity (Wildman–Crippen MR) is 32.0 cm³/mol. The first-order valence-corrected chi connectivity index (χ1v) is 2.28. The van der Waals surface area contributed by atoms with Crippen LogP contribution in [0.4, 0.5) is 0 Å². The van der Waals surface area contributed by atoms with E-state index in [0.29, 0.717) is 0 Å². The van der Waals surface area contributed by atoms with Crippen molar-refractivity contribution in [2.75, 3.05) is 14.2 Å². The largest absolute Gasteiger partial charge is 0.501 e. The average Bonchev–Trinajstić information content (AvgIpc) is 1.89. The third-order valence-corrected chi connectivity index (χ3v) is 0.462. The summed E-state index contributed by atoms with van der Waals surface area (Å²) in [5.74, 6) is 0. The van der Waals surface area contributed by atoms with E-state index in [1.165, 1.54) is 26.7 Å². The first kappa shape index (κ1) is 7.70. The van der Waals surface area contributed by atoms with Gasteiger partial charge in [0.1, 0.15) is 12.5 Å². The molecule has 0 radical (unpaired) electrons. The van der Waals surface area contributed by atoms with Crippen LogP contribution >= 0.6 is 0 Å². The highest BCUT2D eigenvalue weighted by atomic mass is 16.5. The maximum Gasteiger partial charge on any atom is 0.160 e. The summed E-state index contributed by atoms with van der Waals surface area (Å²) < 4.78 is 13.4. The van der Waals surface area contributed by atoms with E-state index in [1.54, 1.807) is 0 Å². The lowest BCUT2D eigenvalue weighted by Crippen LogP contribution is -1.70. The molecule has 0 aliphatic heterocycles. The summed E-state index contributed by atoms with van der Waals surface area (Å²) in [7, 11) is 2.97. The zero-order valence-corrected chi connectivity index (χ0v) is 5.38. The SMILES string of the molecule is COC#CO/C=C/OC. The molecule has 3 heteroatoms. The summed E-state index contributed by atoms with van der Waals surface area (Å²) in [5.41, 5.74) is 0. The van der Waals surface area contributed by atoms with Crippen LogP contribution in [0.15, 0.2) is 12.5 Å². The summed E-state index contributed by atoms with van der Waals surface area (Å²) in [6, 6.07) is 0. The van der Waals surface area contributed by atoms with Gasteiger partial charge in [0.2, 0.25) is 0 Å². The Balaban J connectivity index is 3.18. The van der Waals surface area contributed by atoms with Gasteiger partial charge in [0.05, 0.1) is 14.2 Å². The lowest BCUT2D eigenvalue weighted by Gasteiger charge is -1.83. The first-order chi connectivity index (χ1) is 4.41. The summed E-state index contributed by atoms with van der Waals surface area (Å²) >= 11 is 0. The molecule has 0 heterocycles. The molecule has 0 saturated carbocycles. The number of hydrogen-bond acceptors (Lipinski definition) is 3. The lowest BCUT2D eigenvalue weighted by molar-refractivity contribution is 0.309. The first-order valence-electron chi connectivity index (χ1n) is 2.28. The quantitative estimate of drug-likeness (QED) is 0.404. The Labute approximate surface area is 54.2 Å². The highest BCUT2D eigenvalue weighted by molar-refractivity contribution is 4.82. The van der Waals surface area contributed by atoms with E-state index in [2.05, 4.69) is 26.4 Å². The number of hydrogen-bond donors (Lipinski definition) is 0. The van der Waals surface area contributed by atoms with Gasteiger partial charge in [-0.15, -0.1) is 0 Å². The van der Waals surface area contributed by atoms with Crippen molar-refractivity contribution >= 4 is 0 Å². The van der Waals surface area contributed by atoms with Gasteiger partial charge < -0.3 is 14.2 Å². The van der Waals surface area contributed by atoms with Crippen molar-refractivity contribution in [2.45, 2.75) is 0 Å². The topological polar surface area (TPSA) is 27.7 Å². The third-order valence-electron chi connectivity index (χ3n) is 0.462. The molecule has 0 fully saturated rings. The van der Waals surface area contributed by atoms with E-state index in [-0.39, 0.29) is 0 Å². The van der Waals surface area contributed by atoms with E-state index in [1.807, 2.05) is 0 Å². The van der Waals surface area contributed by atoms with Crippen molar-refractivity contribution in [2.24, 2.45) is 0 Å². The Morgan fingerprint density at radius 3 is 2.44 bits per heavy atom. The van der Waals surface area contributed by atoms with Gasteiger partial charge in [0, 0.05) is 0 Å². The molecule has 0 aromatic rings. The van der Waals surface area contributed by atoms with Crippen molar-refractivity contribution in [3.63, 3.8) is 0 Å². The second-order valence-corrected chi connectivity index (χ2v) is 1.03. The summed E-state index contributed by atoms with van der Waals surface area (Å²) in [6.07, 6.45) is 7.14. The maximum absolute atomic E-state index is 4.52. The van der Waals surface area contributed by atoms with Crippen molar-refractivity contribution in [3.8, 4) is 12.2 Å². The molecule has 0 rings (SSSR count). The fraction of sp³-hybridized carbons (Fsp3) is 0.333. The Hall–Kier alpha value is -1.30. The summed E-state index contributed by atoms with van der Waals surface area (Å²) in [6.45, 7) is 0. The Morgan fingerprint density at radius 2 is 1.89 bits per heavy atom. The molecule has 0 saturated heterocycles. The van der Waals surface area contributed by atoms with Gasteiger partial charge in [0.15, 0.2) is 12.2 Å². The molecule has 0 aromatic carbocycles. The fourth-order valence-corrected chi connectivity index (χ4v) is 0.183. The van der Waals surface area contributed by atoms with Gasteiger partial charge >= 0.3 is 0 Å². The molecule has 3 nitrogen and oxygen atoms in total. The second-order valence-electron chi connectivity index (χ2n) is 1.03. The molecule has 0 bridgehead atoms. The van der Waals surface area contributed by atoms with Gasteiger partial charge in [0.25, 0.3) is 0 Å². The Kier molecular flexibility index (Phi) is 5.73. The van der Waals surface area contributed by atoms with Gasteiger partial charge in [-0.2, -0.15) is 0 Å². The smallest absolute Gasteiger partial charge is 0.160 e. The molecule has 0 aliphatic carbocycles. The van der Waals surface area contributed by atoms with E-state index >= 15 is 0 Å². The van der Waals surface area contributed by atoms with E-state index in [0.717, 1.165) is 0 Å². The zero-order valence-electron chi connectivity index (χ0n) is 5.38. The van der Waals surface area contributed by atoms with Crippen LogP contribution in [0.3, 0.4) is 0 Å². The van der Waals surface area contributed by atoms with Crippen LogP contribution in [0.2, 0.25) is 0 Å². The minimum Gasteiger partial charge on any atom is -0.501 e. The highest BCUT2D eigenvalue weighted by Crippen LogP contribution is 1.73. The van der Waals surface area contributed by atoms with Crippen molar-refractivity contribution < 1.29 is 14.2 Å². The molecule has 0 N–H and O–H groups in total. The Bertz CT molecular complexity index is 129. The normalized spacial score (nSPS) is 7.78. The molecule has 0 atom stereocenters. The van der Waals surface area contributed by atoms with E-state index < -0.39 is 0 Å². The monoisotopic (exact) mass is 128 g/mol. The molecule has 9 heavy (non-hydrogen) atoms. The number of ether oxygens (including phenoxy) is 3. The number of methoxy groups -OCH3 is 2. The van der Waals surface area contributed by atoms with Crippen LogP contribution in [0.1, 0.15) is 0 Å². The zero-order chi connectivity index (χ0) is 6.95. The van der Waals surface area contributed by atoms with Gasteiger partial charge in [-0.05, 0) is 0 Å². The third kappa shape index (κ3) is 6.70. The minimum absolute atomic E-state index is 1.31. The Morgan fingerprint density at radius 1 is 1.11 bits per heavy atom. The lowest BCUT2D eigenvalue weighted by atomic mass is 11.0. The van der Waals surface area contributed by atoms with E-state index in [9.17, 15) is 0 Å². The number of rotatable bonds is 2. The molecule has 0 aliphatic rings. The fourth-order valence-electron chi connectivity index (χ4n) is 0.183. The highest BCUT2D eigenvalue weighted by Gasteiger charge is 1.64. The molecule has 0 amide bonds. The van der Waals surface area contributed by atoms with Gasteiger partial charge in [-0.25, -0.2) is 0 Å². The molecular formula is C6H8O3. The van der Waals surface area contributed by atoms with Crippen LogP contribution in [0.5, 0.6) is 0 Å². The van der Waals surface area contributed by atoms with Gasteiger partial charge in [-0.3, -0.25) is 0 Å². The van der Waals surface area contributed by atoms with Gasteiger partial charge in [-0.1, -0.05) is 0 Å². The average molecular weight is 128 g/mol. The minimum atomic E-state index is 1.31. The predicted octanol–water partition coefficient (Wildman–Crippen LogP) is 0.685. The molecular weight excluding hydrogens is 120 g/mol. The molecule has 0 spiro atoms. The molecule has 0 aromatic heterocycles. The molecule has 50 valence electrons. The van der Waals surface area contributed by atoms with Crippen LogP contribution in [-0.2, 0) is 14.2 Å².